The van der Waals surface area contributed by atoms with E-state index in [0.29, 0.717) is 0 Å². The number of nitrogens with one attached hydrogen (secondary N) is 1. The van der Waals surface area contributed by atoms with Gasteiger partial charge in [-0.15, -0.1) is 0 Å². The lowest BCUT2D eigenvalue weighted by Crippen LogP contribution is -2.29. The zero-order valence-corrected chi connectivity index (χ0v) is 15.7. The molecule has 0 aliphatic carbocycles. The Balaban J connectivity index is 2.35. The largest absolute Gasteiger partial charge is 0.845 e. The van der Waals surface area contributed by atoms with Gasteiger partial charge >= 0.3 is 5.97 Å². The number of carbonyl (C=O) groups excluding carboxylic acids is 1. The molecular formula is C15H14ClN4O6S-. The number of benzene rings is 1. The third-order valence-electron chi connectivity index (χ3n) is 2.96. The van der Waals surface area contributed by atoms with Crippen LogP contribution in [0, 0.1) is 0 Å². The maximum Gasteiger partial charge on any atom is 0.339 e. The van der Waals surface area contributed by atoms with Crippen LogP contribution < -0.4 is 15.2 Å². The molecule has 144 valence electrons. The van der Waals surface area contributed by atoms with Crippen molar-refractivity contribution in [2.24, 2.45) is 4.40 Å². The van der Waals surface area contributed by atoms with Gasteiger partial charge in [0.1, 0.15) is 10.0 Å². The number of anilines is 1. The van der Waals surface area contributed by atoms with Crippen molar-refractivity contribution in [3.05, 3.63) is 41.0 Å². The fourth-order valence-corrected chi connectivity index (χ4v) is 3.12. The molecule has 0 saturated heterocycles. The average molecular weight is 414 g/mol. The van der Waals surface area contributed by atoms with Crippen molar-refractivity contribution in [1.29, 1.82) is 0 Å². The molecule has 0 spiro atoms. The highest BCUT2D eigenvalue weighted by Crippen LogP contribution is 2.19. The second-order valence-electron chi connectivity index (χ2n) is 4.77. The summed E-state index contributed by atoms with van der Waals surface area (Å²) in [5, 5.41) is 14.0. The Hall–Kier alpha value is -2.92. The van der Waals surface area contributed by atoms with Crippen molar-refractivity contribution >= 4 is 39.6 Å². The number of methoxy groups -OCH3 is 1. The van der Waals surface area contributed by atoms with Crippen molar-refractivity contribution in [2.75, 3.05) is 19.0 Å². The standard InChI is InChI=1S/C15H15ClN4O6S/c1-3-26-13(21)9-6-4-5-7-10(9)27(23,24)20-15(22)19-14-17-11(16)8-12(18-14)25-2/h4-8H,3H2,1-2H3,(H2,17,18,19,20,22)/p-1. The molecule has 0 unspecified atom stereocenters. The van der Waals surface area contributed by atoms with Crippen LogP contribution in [-0.4, -0.2) is 44.1 Å². The summed E-state index contributed by atoms with van der Waals surface area (Å²) in [5.41, 5.74) is -0.239. The summed E-state index contributed by atoms with van der Waals surface area (Å²) in [6.45, 7) is 1.63. The summed E-state index contributed by atoms with van der Waals surface area (Å²) in [6, 6.07) is 5.24. The lowest BCUT2D eigenvalue weighted by atomic mass is 10.2. The van der Waals surface area contributed by atoms with E-state index in [9.17, 15) is 18.3 Å². The van der Waals surface area contributed by atoms with Gasteiger partial charge < -0.3 is 19.9 Å². The van der Waals surface area contributed by atoms with Crippen LogP contribution in [0.3, 0.4) is 0 Å². The van der Waals surface area contributed by atoms with E-state index in [4.69, 9.17) is 21.1 Å². The molecule has 0 radical (unpaired) electrons. The Morgan fingerprint density at radius 3 is 2.70 bits per heavy atom. The van der Waals surface area contributed by atoms with E-state index in [1.165, 1.54) is 31.4 Å². The third kappa shape index (κ3) is 5.28. The van der Waals surface area contributed by atoms with E-state index in [2.05, 4.69) is 19.7 Å². The van der Waals surface area contributed by atoms with Crippen molar-refractivity contribution < 1.29 is 27.8 Å². The molecule has 1 N–H and O–H groups in total. The van der Waals surface area contributed by atoms with Gasteiger partial charge in [-0.3, -0.25) is 0 Å². The van der Waals surface area contributed by atoms with E-state index < -0.39 is 26.9 Å². The summed E-state index contributed by atoms with van der Waals surface area (Å²) in [7, 11) is -3.18. The van der Waals surface area contributed by atoms with Crippen LogP contribution in [-0.2, 0) is 14.8 Å². The predicted octanol–water partition coefficient (Wildman–Crippen LogP) is 0.832. The molecule has 2 rings (SSSR count). The van der Waals surface area contributed by atoms with E-state index in [1.54, 1.807) is 6.92 Å². The predicted molar refractivity (Wildman–Crippen MR) is 94.2 cm³/mol. The summed E-state index contributed by atoms with van der Waals surface area (Å²) >= 11 is 5.74. The highest BCUT2D eigenvalue weighted by atomic mass is 35.5. The smallest absolute Gasteiger partial charge is 0.339 e. The van der Waals surface area contributed by atoms with Crippen LogP contribution in [0.2, 0.25) is 5.15 Å². The van der Waals surface area contributed by atoms with Crippen molar-refractivity contribution in [3.63, 3.8) is 0 Å². The van der Waals surface area contributed by atoms with Gasteiger partial charge in [-0.1, -0.05) is 23.7 Å². The topological polar surface area (TPSA) is 143 Å². The first-order chi connectivity index (χ1) is 12.8. The molecule has 0 aliphatic rings. The number of carbonyl (C=O) groups is 1. The average Bonchev–Trinajstić information content (AvgIpc) is 2.60. The second kappa shape index (κ2) is 8.64. The van der Waals surface area contributed by atoms with Crippen LogP contribution in [0.5, 0.6) is 5.88 Å². The minimum atomic E-state index is -4.51. The van der Waals surface area contributed by atoms with Crippen LogP contribution in [0.1, 0.15) is 17.3 Å². The Morgan fingerprint density at radius 2 is 2.04 bits per heavy atom. The molecule has 0 saturated carbocycles. The Kier molecular flexibility index (Phi) is 6.53. The number of hydrogen-bond acceptors (Lipinski definition) is 8. The first kappa shape index (κ1) is 20.4. The minimum Gasteiger partial charge on any atom is -0.845 e. The highest BCUT2D eigenvalue weighted by molar-refractivity contribution is 7.90. The molecule has 0 aliphatic heterocycles. The van der Waals surface area contributed by atoms with Gasteiger partial charge in [0, 0.05) is 6.07 Å². The first-order valence-electron chi connectivity index (χ1n) is 7.40. The SMILES string of the molecule is CCOC(=O)c1ccccc1S(=O)(=O)N=C([O-])Nc1nc(Cl)cc(OC)n1. The molecule has 2 aromatic rings. The normalized spacial score (nSPS) is 11.7. The van der Waals surface area contributed by atoms with Crippen molar-refractivity contribution in [1.82, 2.24) is 9.97 Å². The number of halogens is 1. The Labute approximate surface area is 159 Å². The number of sulfonamides is 1. The van der Waals surface area contributed by atoms with Gasteiger partial charge in [0.15, 0.2) is 0 Å². The van der Waals surface area contributed by atoms with Crippen LogP contribution in [0.15, 0.2) is 39.6 Å². The Morgan fingerprint density at radius 1 is 1.33 bits per heavy atom. The minimum absolute atomic E-state index is 0.0346. The zero-order valence-electron chi connectivity index (χ0n) is 14.2. The zero-order chi connectivity index (χ0) is 20.0. The van der Waals surface area contributed by atoms with Gasteiger partial charge in [-0.05, 0) is 19.1 Å². The summed E-state index contributed by atoms with van der Waals surface area (Å²) < 4.78 is 37.6. The monoisotopic (exact) mass is 413 g/mol. The number of rotatable bonds is 6. The lowest BCUT2D eigenvalue weighted by molar-refractivity contribution is -0.213. The molecule has 1 aromatic heterocycles. The number of hydrogen-bond donors (Lipinski definition) is 1. The molecule has 1 heterocycles. The number of nitrogens with zero attached hydrogens (tertiary/aromatic N) is 3. The van der Waals surface area contributed by atoms with E-state index in [0.717, 1.165) is 6.07 Å². The summed E-state index contributed by atoms with van der Waals surface area (Å²) in [5.74, 6) is -1.10. The summed E-state index contributed by atoms with van der Waals surface area (Å²) in [4.78, 5) is 18.9. The van der Waals surface area contributed by atoms with Gasteiger partial charge in [0.05, 0.1) is 25.3 Å². The molecule has 10 nitrogen and oxygen atoms in total. The molecule has 1 aromatic carbocycles. The highest BCUT2D eigenvalue weighted by Gasteiger charge is 2.22. The first-order valence-corrected chi connectivity index (χ1v) is 9.22. The molecule has 0 bridgehead atoms. The second-order valence-corrected chi connectivity index (χ2v) is 6.73. The third-order valence-corrected chi connectivity index (χ3v) is 4.47. The fraction of sp³-hybridized carbons (Fsp3) is 0.200. The number of aromatic nitrogens is 2. The molecule has 0 amide bonds. The maximum absolute atomic E-state index is 12.4. The molecule has 0 fully saturated rings. The van der Waals surface area contributed by atoms with Gasteiger partial charge in [0.2, 0.25) is 11.8 Å². The molecule has 27 heavy (non-hydrogen) atoms. The quantitative estimate of drug-likeness (QED) is 0.315. The Bertz CT molecular complexity index is 980. The molecular weight excluding hydrogens is 400 g/mol. The van der Waals surface area contributed by atoms with Gasteiger partial charge in [-0.25, -0.2) is 9.78 Å². The van der Waals surface area contributed by atoms with Crippen molar-refractivity contribution in [3.8, 4) is 5.88 Å². The van der Waals surface area contributed by atoms with E-state index in [1.807, 2.05) is 0 Å². The maximum atomic E-state index is 12.4. The van der Waals surface area contributed by atoms with Gasteiger partial charge in [-0.2, -0.15) is 17.8 Å². The van der Waals surface area contributed by atoms with Crippen LogP contribution in [0.4, 0.5) is 5.95 Å². The van der Waals surface area contributed by atoms with Crippen molar-refractivity contribution in [2.45, 2.75) is 11.8 Å². The number of ether oxygens (including phenoxy) is 2. The lowest BCUT2D eigenvalue weighted by Gasteiger charge is -2.13. The van der Waals surface area contributed by atoms with Crippen LogP contribution >= 0.6 is 11.6 Å². The number of esters is 1. The molecule has 12 heteroatoms. The van der Waals surface area contributed by atoms with E-state index >= 15 is 0 Å². The van der Waals surface area contributed by atoms with E-state index in [-0.39, 0.29) is 29.2 Å². The fourth-order valence-electron chi connectivity index (χ4n) is 1.90. The summed E-state index contributed by atoms with van der Waals surface area (Å²) in [6.07, 6.45) is 0. The number of amidine groups is 1. The van der Waals surface area contributed by atoms with Gasteiger partial charge in [0.25, 0.3) is 10.0 Å². The molecule has 0 atom stereocenters. The van der Waals surface area contributed by atoms with Crippen LogP contribution in [0.25, 0.3) is 0 Å².